The van der Waals surface area contributed by atoms with Gasteiger partial charge in [0.15, 0.2) is 0 Å². The number of carbonyl (C=O) groups is 1. The molecule has 0 bridgehead atoms. The number of benzene rings is 1. The van der Waals surface area contributed by atoms with Crippen LogP contribution in [0.3, 0.4) is 0 Å². The lowest BCUT2D eigenvalue weighted by molar-refractivity contribution is -0.121. The Balaban J connectivity index is 1.71. The van der Waals surface area contributed by atoms with Crippen molar-refractivity contribution in [3.8, 4) is 0 Å². The molecule has 0 saturated carbocycles. The van der Waals surface area contributed by atoms with Crippen LogP contribution in [0.15, 0.2) is 48.7 Å². The van der Waals surface area contributed by atoms with Crippen molar-refractivity contribution in [1.29, 1.82) is 0 Å². The molecular weight excluding hydrogens is 212 g/mol. The van der Waals surface area contributed by atoms with Gasteiger partial charge in [-0.05, 0) is 24.1 Å². The first kappa shape index (κ1) is 11.5. The lowest BCUT2D eigenvalue weighted by Crippen LogP contribution is -2.23. The molecule has 1 aromatic carbocycles. The fraction of sp³-hybridized carbons (Fsp3) is 0.214. The van der Waals surface area contributed by atoms with Crippen LogP contribution in [-0.2, 0) is 17.8 Å². The third kappa shape index (κ3) is 3.79. The molecule has 2 N–H and O–H groups in total. The van der Waals surface area contributed by atoms with E-state index >= 15 is 0 Å². The second-order valence-electron chi connectivity index (χ2n) is 3.96. The smallest absolute Gasteiger partial charge is 0.220 e. The van der Waals surface area contributed by atoms with Gasteiger partial charge in [-0.1, -0.05) is 30.3 Å². The number of hydrogen-bond acceptors (Lipinski definition) is 1. The molecule has 0 saturated heterocycles. The largest absolute Gasteiger partial charge is 0.364 e. The highest BCUT2D eigenvalue weighted by atomic mass is 16.1. The van der Waals surface area contributed by atoms with E-state index in [0.29, 0.717) is 13.0 Å². The van der Waals surface area contributed by atoms with Crippen molar-refractivity contribution < 1.29 is 4.79 Å². The Kier molecular flexibility index (Phi) is 3.97. The zero-order chi connectivity index (χ0) is 11.9. The maximum atomic E-state index is 11.6. The van der Waals surface area contributed by atoms with Crippen LogP contribution in [-0.4, -0.2) is 10.9 Å². The minimum absolute atomic E-state index is 0.0865. The van der Waals surface area contributed by atoms with Gasteiger partial charge >= 0.3 is 0 Å². The average molecular weight is 228 g/mol. The van der Waals surface area contributed by atoms with Gasteiger partial charge in [0, 0.05) is 18.3 Å². The Labute approximate surface area is 101 Å². The topological polar surface area (TPSA) is 44.9 Å². The third-order valence-corrected chi connectivity index (χ3v) is 2.62. The van der Waals surface area contributed by atoms with Gasteiger partial charge in [-0.2, -0.15) is 0 Å². The van der Waals surface area contributed by atoms with Crippen molar-refractivity contribution in [2.75, 3.05) is 0 Å². The number of aryl methyl sites for hydroxylation is 1. The van der Waals surface area contributed by atoms with Crippen LogP contribution < -0.4 is 5.32 Å². The Hall–Kier alpha value is -2.03. The van der Waals surface area contributed by atoms with Gasteiger partial charge in [0.2, 0.25) is 5.91 Å². The molecule has 3 nitrogen and oxygen atoms in total. The van der Waals surface area contributed by atoms with Crippen LogP contribution in [0.1, 0.15) is 17.7 Å². The highest BCUT2D eigenvalue weighted by Gasteiger charge is 2.02. The maximum Gasteiger partial charge on any atom is 0.220 e. The molecule has 0 aliphatic rings. The van der Waals surface area contributed by atoms with E-state index in [2.05, 4.69) is 10.3 Å². The molecular formula is C14H16N2O. The first-order valence-electron chi connectivity index (χ1n) is 5.77. The Morgan fingerprint density at radius 1 is 1.12 bits per heavy atom. The molecule has 3 heteroatoms. The zero-order valence-corrected chi connectivity index (χ0v) is 9.65. The normalized spacial score (nSPS) is 10.1. The predicted molar refractivity (Wildman–Crippen MR) is 67.4 cm³/mol. The van der Waals surface area contributed by atoms with Crippen molar-refractivity contribution in [1.82, 2.24) is 10.3 Å². The number of carbonyl (C=O) groups excluding carboxylic acids is 1. The highest BCUT2D eigenvalue weighted by Crippen LogP contribution is 2.02. The molecule has 1 heterocycles. The standard InChI is InChI=1S/C14H16N2O/c17-14(16-11-13-7-4-10-15-13)9-8-12-5-2-1-3-6-12/h1-7,10,15H,8-9,11H2,(H,16,17). The predicted octanol–water partition coefficient (Wildman–Crippen LogP) is 2.26. The van der Waals surface area contributed by atoms with Crippen molar-refractivity contribution >= 4 is 5.91 Å². The van der Waals surface area contributed by atoms with E-state index in [1.807, 2.05) is 48.7 Å². The van der Waals surface area contributed by atoms with E-state index in [1.165, 1.54) is 5.56 Å². The monoisotopic (exact) mass is 228 g/mol. The second kappa shape index (κ2) is 5.89. The van der Waals surface area contributed by atoms with Gasteiger partial charge in [-0.15, -0.1) is 0 Å². The molecule has 17 heavy (non-hydrogen) atoms. The molecule has 0 radical (unpaired) electrons. The number of aromatic amines is 1. The third-order valence-electron chi connectivity index (χ3n) is 2.62. The summed E-state index contributed by atoms with van der Waals surface area (Å²) in [6, 6.07) is 13.9. The summed E-state index contributed by atoms with van der Waals surface area (Å²) in [5.41, 5.74) is 2.22. The summed E-state index contributed by atoms with van der Waals surface area (Å²) in [5.74, 6) is 0.0865. The Morgan fingerprint density at radius 2 is 1.94 bits per heavy atom. The minimum atomic E-state index is 0.0865. The number of rotatable bonds is 5. The summed E-state index contributed by atoms with van der Waals surface area (Å²) in [5, 5.41) is 2.89. The molecule has 2 aromatic rings. The van der Waals surface area contributed by atoms with Gasteiger partial charge in [0.25, 0.3) is 0 Å². The molecule has 0 atom stereocenters. The minimum Gasteiger partial charge on any atom is -0.364 e. The van der Waals surface area contributed by atoms with Crippen LogP contribution in [0.5, 0.6) is 0 Å². The van der Waals surface area contributed by atoms with Gasteiger partial charge in [-0.3, -0.25) is 4.79 Å². The van der Waals surface area contributed by atoms with Crippen LogP contribution in [0, 0.1) is 0 Å². The van der Waals surface area contributed by atoms with Crippen molar-refractivity contribution in [3.63, 3.8) is 0 Å². The number of amides is 1. The number of hydrogen-bond donors (Lipinski definition) is 2. The Bertz CT molecular complexity index is 448. The zero-order valence-electron chi connectivity index (χ0n) is 9.65. The molecule has 0 fully saturated rings. The van der Waals surface area contributed by atoms with Gasteiger partial charge in [0.05, 0.1) is 6.54 Å². The fourth-order valence-electron chi connectivity index (χ4n) is 1.66. The molecule has 2 rings (SSSR count). The van der Waals surface area contributed by atoms with Gasteiger partial charge in [-0.25, -0.2) is 0 Å². The highest BCUT2D eigenvalue weighted by molar-refractivity contribution is 5.76. The van der Waals surface area contributed by atoms with E-state index in [1.54, 1.807) is 0 Å². The van der Waals surface area contributed by atoms with E-state index in [0.717, 1.165) is 12.1 Å². The summed E-state index contributed by atoms with van der Waals surface area (Å²) in [6.07, 6.45) is 3.17. The summed E-state index contributed by atoms with van der Waals surface area (Å²) < 4.78 is 0. The maximum absolute atomic E-state index is 11.6. The van der Waals surface area contributed by atoms with E-state index < -0.39 is 0 Å². The SMILES string of the molecule is O=C(CCc1ccccc1)NCc1ccc[nH]1. The molecule has 0 aliphatic carbocycles. The van der Waals surface area contributed by atoms with Gasteiger partial charge < -0.3 is 10.3 Å². The van der Waals surface area contributed by atoms with Crippen LogP contribution in [0.25, 0.3) is 0 Å². The van der Waals surface area contributed by atoms with Gasteiger partial charge in [0.1, 0.15) is 0 Å². The van der Waals surface area contributed by atoms with Crippen molar-refractivity contribution in [3.05, 3.63) is 59.9 Å². The van der Waals surface area contributed by atoms with Crippen LogP contribution in [0.4, 0.5) is 0 Å². The van der Waals surface area contributed by atoms with Crippen LogP contribution in [0.2, 0.25) is 0 Å². The first-order valence-corrected chi connectivity index (χ1v) is 5.77. The van der Waals surface area contributed by atoms with E-state index in [9.17, 15) is 4.79 Å². The molecule has 1 aromatic heterocycles. The summed E-state index contributed by atoms with van der Waals surface area (Å²) in [6.45, 7) is 0.570. The van der Waals surface area contributed by atoms with E-state index in [4.69, 9.17) is 0 Å². The van der Waals surface area contributed by atoms with E-state index in [-0.39, 0.29) is 5.91 Å². The molecule has 0 unspecified atom stereocenters. The molecule has 0 aliphatic heterocycles. The second-order valence-corrected chi connectivity index (χ2v) is 3.96. The summed E-state index contributed by atoms with van der Waals surface area (Å²) in [4.78, 5) is 14.6. The summed E-state index contributed by atoms with van der Waals surface area (Å²) >= 11 is 0. The van der Waals surface area contributed by atoms with Crippen molar-refractivity contribution in [2.45, 2.75) is 19.4 Å². The number of aromatic nitrogens is 1. The molecule has 0 spiro atoms. The molecule has 1 amide bonds. The fourth-order valence-corrected chi connectivity index (χ4v) is 1.66. The molecule has 88 valence electrons. The summed E-state index contributed by atoms with van der Waals surface area (Å²) in [7, 11) is 0. The van der Waals surface area contributed by atoms with Crippen LogP contribution >= 0.6 is 0 Å². The van der Waals surface area contributed by atoms with Crippen molar-refractivity contribution in [2.24, 2.45) is 0 Å². The first-order chi connectivity index (χ1) is 8.34. The Morgan fingerprint density at radius 3 is 2.65 bits per heavy atom. The lowest BCUT2D eigenvalue weighted by atomic mass is 10.1. The average Bonchev–Trinajstić information content (AvgIpc) is 2.88. The number of H-pyrrole nitrogens is 1. The lowest BCUT2D eigenvalue weighted by Gasteiger charge is -2.04. The quantitative estimate of drug-likeness (QED) is 0.810. The number of nitrogens with one attached hydrogen (secondary N) is 2.